The van der Waals surface area contributed by atoms with Gasteiger partial charge in [0.15, 0.2) is 0 Å². The summed E-state index contributed by atoms with van der Waals surface area (Å²) in [6.07, 6.45) is 3.90. The molecule has 32 heavy (non-hydrogen) atoms. The Morgan fingerprint density at radius 2 is 1.94 bits per heavy atom. The summed E-state index contributed by atoms with van der Waals surface area (Å²) < 4.78 is 38.5. The lowest BCUT2D eigenvalue weighted by Gasteiger charge is -2.30. The van der Waals surface area contributed by atoms with Crippen molar-refractivity contribution in [2.24, 2.45) is 0 Å². The van der Waals surface area contributed by atoms with Crippen LogP contribution in [0.4, 0.5) is 10.1 Å². The Morgan fingerprint density at radius 1 is 1.25 bits per heavy atom. The van der Waals surface area contributed by atoms with Crippen molar-refractivity contribution in [3.05, 3.63) is 52.1 Å². The predicted molar refractivity (Wildman–Crippen MR) is 120 cm³/mol. The Morgan fingerprint density at radius 3 is 2.59 bits per heavy atom. The van der Waals surface area contributed by atoms with Gasteiger partial charge in [0.05, 0.1) is 17.4 Å². The quantitative estimate of drug-likeness (QED) is 0.609. The molecule has 3 heterocycles. The van der Waals surface area contributed by atoms with Gasteiger partial charge >= 0.3 is 0 Å². The lowest BCUT2D eigenvalue weighted by atomic mass is 10.0. The maximum Gasteiger partial charge on any atom is 0.256 e. The van der Waals surface area contributed by atoms with Crippen LogP contribution in [0.3, 0.4) is 0 Å². The number of fused-ring (bicyclic) bond motifs is 1. The molecule has 1 aromatic heterocycles. The summed E-state index contributed by atoms with van der Waals surface area (Å²) in [5.74, 6) is -1.02. The molecule has 0 aliphatic carbocycles. The van der Waals surface area contributed by atoms with Crippen LogP contribution in [-0.4, -0.2) is 54.9 Å². The van der Waals surface area contributed by atoms with Gasteiger partial charge in [0.1, 0.15) is 5.82 Å². The molecule has 0 radical (unpaired) electrons. The van der Waals surface area contributed by atoms with Crippen molar-refractivity contribution in [3.8, 4) is 0 Å². The van der Waals surface area contributed by atoms with E-state index < -0.39 is 15.8 Å². The normalized spacial score (nSPS) is 18.6. The first kappa shape index (κ1) is 22.2. The molecule has 2 amide bonds. The van der Waals surface area contributed by atoms with E-state index in [4.69, 9.17) is 0 Å². The molecule has 8 nitrogen and oxygen atoms in total. The number of sulfonamides is 1. The van der Waals surface area contributed by atoms with Crippen molar-refractivity contribution in [2.75, 3.05) is 24.7 Å². The average Bonchev–Trinajstić information content (AvgIpc) is 3.17. The minimum Gasteiger partial charge on any atom is -0.358 e. The number of nitrogens with zero attached hydrogens (tertiary/aromatic N) is 1. The number of hydrogen-bond acceptors (Lipinski definition) is 4. The van der Waals surface area contributed by atoms with Crippen LogP contribution in [-0.2, 0) is 14.8 Å². The fraction of sp³-hybridized carbons (Fsp3) is 0.364. The third-order valence-electron chi connectivity index (χ3n) is 6.01. The first-order chi connectivity index (χ1) is 15.0. The number of aromatic amines is 1. The summed E-state index contributed by atoms with van der Waals surface area (Å²) >= 11 is 0. The summed E-state index contributed by atoms with van der Waals surface area (Å²) in [5, 5.41) is 5.71. The number of aromatic nitrogens is 1. The zero-order valence-corrected chi connectivity index (χ0v) is 18.9. The zero-order valence-electron chi connectivity index (χ0n) is 18.1. The minimum atomic E-state index is -3.23. The Labute approximate surface area is 185 Å². The SMILES string of the molecule is Cc1[nH]c(C=C2C(=O)Nc3ccc(F)cc32)c(C)c1C(=O)NC1CCN(S(C)(=O)=O)CC1. The van der Waals surface area contributed by atoms with Crippen molar-refractivity contribution in [2.45, 2.75) is 32.7 Å². The highest BCUT2D eigenvalue weighted by molar-refractivity contribution is 7.88. The maximum atomic E-state index is 13.7. The highest BCUT2D eigenvalue weighted by Crippen LogP contribution is 2.34. The number of amides is 2. The molecular formula is C22H25FN4O4S. The van der Waals surface area contributed by atoms with Gasteiger partial charge in [0.25, 0.3) is 11.8 Å². The third-order valence-corrected chi connectivity index (χ3v) is 7.32. The molecule has 2 aliphatic rings. The molecule has 0 saturated carbocycles. The number of benzene rings is 1. The fourth-order valence-corrected chi connectivity index (χ4v) is 5.17. The first-order valence-corrected chi connectivity index (χ1v) is 12.2. The van der Waals surface area contributed by atoms with Crippen LogP contribution in [0.15, 0.2) is 18.2 Å². The first-order valence-electron chi connectivity index (χ1n) is 10.3. The smallest absolute Gasteiger partial charge is 0.256 e. The zero-order chi connectivity index (χ0) is 23.2. The van der Waals surface area contributed by atoms with Crippen LogP contribution in [0.5, 0.6) is 0 Å². The number of nitrogens with one attached hydrogen (secondary N) is 3. The predicted octanol–water partition coefficient (Wildman–Crippen LogP) is 2.42. The number of piperidine rings is 1. The van der Waals surface area contributed by atoms with Crippen LogP contribution in [0.2, 0.25) is 0 Å². The molecule has 2 aromatic rings. The molecule has 0 unspecified atom stereocenters. The fourth-order valence-electron chi connectivity index (χ4n) is 4.30. The van der Waals surface area contributed by atoms with Crippen LogP contribution in [0.1, 0.15) is 45.7 Å². The third kappa shape index (κ3) is 4.20. The largest absolute Gasteiger partial charge is 0.358 e. The van der Waals surface area contributed by atoms with Crippen molar-refractivity contribution in [1.29, 1.82) is 0 Å². The number of rotatable bonds is 4. The van der Waals surface area contributed by atoms with Gasteiger partial charge in [-0.25, -0.2) is 17.1 Å². The summed E-state index contributed by atoms with van der Waals surface area (Å²) in [6.45, 7) is 4.31. The van der Waals surface area contributed by atoms with E-state index in [9.17, 15) is 22.4 Å². The maximum absolute atomic E-state index is 13.7. The van der Waals surface area contributed by atoms with Crippen molar-refractivity contribution in [3.63, 3.8) is 0 Å². The Bertz CT molecular complexity index is 1240. The molecule has 10 heteroatoms. The lowest BCUT2D eigenvalue weighted by Crippen LogP contribution is -2.46. The average molecular weight is 461 g/mol. The highest BCUT2D eigenvalue weighted by atomic mass is 32.2. The summed E-state index contributed by atoms with van der Waals surface area (Å²) in [5.41, 5.74) is 3.76. The molecule has 0 bridgehead atoms. The van der Waals surface area contributed by atoms with Crippen LogP contribution in [0, 0.1) is 19.7 Å². The van der Waals surface area contributed by atoms with Gasteiger partial charge in [-0.15, -0.1) is 0 Å². The molecule has 0 atom stereocenters. The van der Waals surface area contributed by atoms with E-state index in [0.29, 0.717) is 65.3 Å². The molecule has 1 saturated heterocycles. The number of carbonyl (C=O) groups is 2. The molecule has 2 aliphatic heterocycles. The van der Waals surface area contributed by atoms with E-state index in [1.54, 1.807) is 19.9 Å². The van der Waals surface area contributed by atoms with Crippen LogP contribution in [0.25, 0.3) is 11.6 Å². The molecule has 0 spiro atoms. The monoisotopic (exact) mass is 460 g/mol. The number of hydrogen-bond donors (Lipinski definition) is 3. The van der Waals surface area contributed by atoms with Crippen LogP contribution >= 0.6 is 0 Å². The Balaban J connectivity index is 1.54. The topological polar surface area (TPSA) is 111 Å². The number of halogens is 1. The van der Waals surface area contributed by atoms with E-state index >= 15 is 0 Å². The number of anilines is 1. The van der Waals surface area contributed by atoms with Gasteiger partial charge < -0.3 is 15.6 Å². The highest BCUT2D eigenvalue weighted by Gasteiger charge is 2.28. The summed E-state index contributed by atoms with van der Waals surface area (Å²) in [4.78, 5) is 28.5. The molecule has 3 N–H and O–H groups in total. The second-order valence-corrected chi connectivity index (χ2v) is 10.3. The number of H-pyrrole nitrogens is 1. The summed E-state index contributed by atoms with van der Waals surface area (Å²) in [7, 11) is -3.23. The second kappa shape index (κ2) is 8.18. The van der Waals surface area contributed by atoms with Crippen molar-refractivity contribution >= 4 is 39.2 Å². The van der Waals surface area contributed by atoms with Crippen LogP contribution < -0.4 is 10.6 Å². The number of carbonyl (C=O) groups excluding carboxylic acids is 2. The lowest BCUT2D eigenvalue weighted by molar-refractivity contribution is -0.110. The van der Waals surface area contributed by atoms with Crippen molar-refractivity contribution < 1.29 is 22.4 Å². The van der Waals surface area contributed by atoms with Gasteiger partial charge in [0, 0.05) is 41.8 Å². The minimum absolute atomic E-state index is 0.119. The number of aryl methyl sites for hydroxylation is 1. The van der Waals surface area contributed by atoms with Gasteiger partial charge in [-0.1, -0.05) is 0 Å². The Kier molecular flexibility index (Phi) is 5.68. The second-order valence-electron chi connectivity index (χ2n) is 8.28. The van der Waals surface area contributed by atoms with E-state index in [0.717, 1.165) is 0 Å². The van der Waals surface area contributed by atoms with Gasteiger partial charge in [-0.3, -0.25) is 9.59 Å². The molecule has 1 aromatic carbocycles. The van der Waals surface area contributed by atoms with E-state index in [-0.39, 0.29) is 17.9 Å². The van der Waals surface area contributed by atoms with Gasteiger partial charge in [0.2, 0.25) is 10.0 Å². The Hall–Kier alpha value is -2.98. The summed E-state index contributed by atoms with van der Waals surface area (Å²) in [6, 6.07) is 3.99. The van der Waals surface area contributed by atoms with E-state index in [2.05, 4.69) is 15.6 Å². The molecular weight excluding hydrogens is 435 g/mol. The van der Waals surface area contributed by atoms with E-state index in [1.165, 1.54) is 28.8 Å². The molecule has 4 rings (SSSR count). The standard InChI is InChI=1S/C22H25FN4O4S/c1-12-19(11-17-16-10-14(23)4-5-18(16)26-21(17)28)24-13(2)20(12)22(29)25-15-6-8-27(9-7-15)32(3,30)31/h4-5,10-11,15,24H,6-9H2,1-3H3,(H,25,29)(H,26,28). The molecule has 170 valence electrons. The van der Waals surface area contributed by atoms with Gasteiger partial charge in [-0.05, 0) is 56.5 Å². The van der Waals surface area contributed by atoms with Crippen molar-refractivity contribution in [1.82, 2.24) is 14.6 Å². The van der Waals surface area contributed by atoms with E-state index in [1.807, 2.05) is 0 Å². The van der Waals surface area contributed by atoms with Gasteiger partial charge in [-0.2, -0.15) is 0 Å². The molecule has 1 fully saturated rings.